The zero-order valence-corrected chi connectivity index (χ0v) is 12.3. The molecule has 4 rings (SSSR count). The van der Waals surface area contributed by atoms with Gasteiger partial charge in [-0.3, -0.25) is 0 Å². The minimum absolute atomic E-state index is 0.276. The molecule has 0 saturated heterocycles. The average molecular weight is 298 g/mol. The normalized spacial score (nSPS) is 10.8. The third-order valence-electron chi connectivity index (χ3n) is 3.93. The van der Waals surface area contributed by atoms with Crippen molar-refractivity contribution in [3.63, 3.8) is 0 Å². The Bertz CT molecular complexity index is 981. The van der Waals surface area contributed by atoms with Gasteiger partial charge in [-0.2, -0.15) is 0 Å². The maximum absolute atomic E-state index is 9.67. The third-order valence-corrected chi connectivity index (χ3v) is 3.93. The van der Waals surface area contributed by atoms with E-state index in [1.165, 1.54) is 6.33 Å². The number of benzene rings is 3. The summed E-state index contributed by atoms with van der Waals surface area (Å²) in [4.78, 5) is 8.21. The summed E-state index contributed by atoms with van der Waals surface area (Å²) in [5.74, 6) is 0.276. The van der Waals surface area contributed by atoms with Crippen LogP contribution in [0.2, 0.25) is 0 Å². The molecule has 1 aromatic heterocycles. The highest BCUT2D eigenvalue weighted by atomic mass is 16.3. The molecule has 1 N–H and O–H groups in total. The van der Waals surface area contributed by atoms with E-state index in [-0.39, 0.29) is 5.75 Å². The maximum atomic E-state index is 9.67. The van der Waals surface area contributed by atoms with Gasteiger partial charge in [0.1, 0.15) is 12.1 Å². The molecule has 3 nitrogen and oxygen atoms in total. The van der Waals surface area contributed by atoms with Crippen molar-refractivity contribution < 1.29 is 5.11 Å². The van der Waals surface area contributed by atoms with Crippen molar-refractivity contribution in [1.29, 1.82) is 0 Å². The highest BCUT2D eigenvalue weighted by molar-refractivity contribution is 5.98. The van der Waals surface area contributed by atoms with Crippen LogP contribution in [0.3, 0.4) is 0 Å². The van der Waals surface area contributed by atoms with E-state index in [0.717, 1.165) is 33.0 Å². The van der Waals surface area contributed by atoms with Gasteiger partial charge in [0.25, 0.3) is 0 Å². The van der Waals surface area contributed by atoms with Gasteiger partial charge < -0.3 is 5.11 Å². The minimum atomic E-state index is 0.276. The van der Waals surface area contributed by atoms with E-state index < -0.39 is 0 Å². The Morgan fingerprint density at radius 1 is 0.696 bits per heavy atom. The van der Waals surface area contributed by atoms with E-state index in [0.29, 0.717) is 0 Å². The van der Waals surface area contributed by atoms with Gasteiger partial charge in [0, 0.05) is 18.0 Å². The van der Waals surface area contributed by atoms with Crippen LogP contribution >= 0.6 is 0 Å². The summed E-state index contributed by atoms with van der Waals surface area (Å²) >= 11 is 0. The van der Waals surface area contributed by atoms with Crippen molar-refractivity contribution in [2.24, 2.45) is 0 Å². The van der Waals surface area contributed by atoms with Crippen LogP contribution in [0.4, 0.5) is 0 Å². The van der Waals surface area contributed by atoms with Gasteiger partial charge in [0.2, 0.25) is 0 Å². The molecule has 0 bridgehead atoms. The number of aromatic nitrogens is 2. The molecule has 0 radical (unpaired) electrons. The minimum Gasteiger partial charge on any atom is -0.508 e. The topological polar surface area (TPSA) is 46.0 Å². The van der Waals surface area contributed by atoms with Crippen LogP contribution in [0.15, 0.2) is 79.4 Å². The van der Waals surface area contributed by atoms with Crippen molar-refractivity contribution in [2.75, 3.05) is 0 Å². The van der Waals surface area contributed by atoms with E-state index in [9.17, 15) is 5.11 Å². The van der Waals surface area contributed by atoms with Gasteiger partial charge in [-0.05, 0) is 45.7 Å². The second-order valence-electron chi connectivity index (χ2n) is 5.42. The number of phenols is 1. The van der Waals surface area contributed by atoms with Gasteiger partial charge in [-0.25, -0.2) is 9.97 Å². The molecule has 0 unspecified atom stereocenters. The summed E-state index contributed by atoms with van der Waals surface area (Å²) in [6, 6.07) is 19.8. The molecule has 0 fully saturated rings. The van der Waals surface area contributed by atoms with E-state index in [1.807, 2.05) is 30.6 Å². The van der Waals surface area contributed by atoms with E-state index in [1.54, 1.807) is 12.1 Å². The molecule has 23 heavy (non-hydrogen) atoms. The van der Waals surface area contributed by atoms with Gasteiger partial charge in [-0.1, -0.05) is 42.5 Å². The van der Waals surface area contributed by atoms with Crippen LogP contribution in [0.25, 0.3) is 33.0 Å². The van der Waals surface area contributed by atoms with Crippen molar-refractivity contribution >= 4 is 10.8 Å². The first-order chi connectivity index (χ1) is 11.3. The first-order valence-corrected chi connectivity index (χ1v) is 7.39. The van der Waals surface area contributed by atoms with Crippen LogP contribution in [-0.2, 0) is 0 Å². The van der Waals surface area contributed by atoms with Gasteiger partial charge in [-0.15, -0.1) is 0 Å². The molecule has 0 aliphatic heterocycles. The molecule has 0 atom stereocenters. The Morgan fingerprint density at radius 3 is 2.30 bits per heavy atom. The van der Waals surface area contributed by atoms with Gasteiger partial charge in [0.15, 0.2) is 0 Å². The summed E-state index contributed by atoms with van der Waals surface area (Å²) in [7, 11) is 0. The zero-order chi connectivity index (χ0) is 15.6. The monoisotopic (exact) mass is 298 g/mol. The molecule has 0 aliphatic rings. The lowest BCUT2D eigenvalue weighted by molar-refractivity contribution is 0.475. The Balaban J connectivity index is 1.88. The summed E-state index contributed by atoms with van der Waals surface area (Å²) in [5, 5.41) is 12.0. The second-order valence-corrected chi connectivity index (χ2v) is 5.42. The summed E-state index contributed by atoms with van der Waals surface area (Å²) < 4.78 is 0. The molecular weight excluding hydrogens is 284 g/mol. The van der Waals surface area contributed by atoms with Crippen LogP contribution in [-0.4, -0.2) is 15.1 Å². The smallest absolute Gasteiger partial charge is 0.116 e. The Labute approximate surface area is 133 Å². The number of hydrogen-bond donors (Lipinski definition) is 1. The quantitative estimate of drug-likeness (QED) is 0.585. The molecule has 0 aliphatic carbocycles. The number of fused-ring (bicyclic) bond motifs is 1. The van der Waals surface area contributed by atoms with Gasteiger partial charge >= 0.3 is 0 Å². The fourth-order valence-corrected chi connectivity index (χ4v) is 2.84. The Kier molecular flexibility index (Phi) is 3.24. The number of rotatable bonds is 2. The lowest BCUT2D eigenvalue weighted by atomic mass is 9.96. The van der Waals surface area contributed by atoms with Crippen molar-refractivity contribution in [2.45, 2.75) is 0 Å². The van der Waals surface area contributed by atoms with Crippen molar-refractivity contribution in [3.8, 4) is 28.0 Å². The van der Waals surface area contributed by atoms with Crippen LogP contribution in [0, 0.1) is 0 Å². The van der Waals surface area contributed by atoms with Gasteiger partial charge in [0.05, 0.1) is 0 Å². The maximum Gasteiger partial charge on any atom is 0.116 e. The fourth-order valence-electron chi connectivity index (χ4n) is 2.84. The fraction of sp³-hybridized carbons (Fsp3) is 0. The molecule has 3 heteroatoms. The van der Waals surface area contributed by atoms with E-state index in [2.05, 4.69) is 40.3 Å². The molecule has 0 spiro atoms. The molecule has 1 heterocycles. The number of hydrogen-bond acceptors (Lipinski definition) is 3. The molecular formula is C20H14N2O. The molecule has 110 valence electrons. The van der Waals surface area contributed by atoms with Crippen molar-refractivity contribution in [3.05, 3.63) is 79.4 Å². The summed E-state index contributed by atoms with van der Waals surface area (Å²) in [6.45, 7) is 0. The predicted octanol–water partition coefficient (Wildman–Crippen LogP) is 4.67. The molecule has 0 amide bonds. The lowest BCUT2D eigenvalue weighted by Gasteiger charge is -2.09. The molecule has 0 saturated carbocycles. The predicted molar refractivity (Wildman–Crippen MR) is 92.1 cm³/mol. The standard InChI is InChI=1S/C20H14N2O/c23-18-5-1-3-14(10-18)15-7-8-20-16(9-15)4-2-6-19(20)17-11-21-13-22-12-17/h1-13,23H. The molecule has 4 aromatic rings. The largest absolute Gasteiger partial charge is 0.508 e. The number of nitrogens with zero attached hydrogens (tertiary/aromatic N) is 2. The Hall–Kier alpha value is -3.20. The first kappa shape index (κ1) is 13.5. The average Bonchev–Trinajstić information content (AvgIpc) is 2.61. The highest BCUT2D eigenvalue weighted by Gasteiger charge is 2.06. The number of aromatic hydroxyl groups is 1. The Morgan fingerprint density at radius 2 is 1.48 bits per heavy atom. The van der Waals surface area contributed by atoms with E-state index >= 15 is 0 Å². The highest BCUT2D eigenvalue weighted by Crippen LogP contribution is 2.31. The van der Waals surface area contributed by atoms with Crippen LogP contribution < -0.4 is 0 Å². The second kappa shape index (κ2) is 5.54. The first-order valence-electron chi connectivity index (χ1n) is 7.39. The lowest BCUT2D eigenvalue weighted by Crippen LogP contribution is -1.85. The SMILES string of the molecule is Oc1cccc(-c2ccc3c(-c4cncnc4)cccc3c2)c1. The summed E-state index contributed by atoms with van der Waals surface area (Å²) in [5.41, 5.74) is 4.20. The van der Waals surface area contributed by atoms with E-state index in [4.69, 9.17) is 0 Å². The van der Waals surface area contributed by atoms with Crippen molar-refractivity contribution in [1.82, 2.24) is 9.97 Å². The summed E-state index contributed by atoms with van der Waals surface area (Å²) in [6.07, 6.45) is 5.18. The number of phenolic OH excluding ortho intramolecular Hbond substituents is 1. The molecule has 3 aromatic carbocycles. The third kappa shape index (κ3) is 2.53. The van der Waals surface area contributed by atoms with Crippen LogP contribution in [0.1, 0.15) is 0 Å². The van der Waals surface area contributed by atoms with Crippen LogP contribution in [0.5, 0.6) is 5.75 Å². The zero-order valence-electron chi connectivity index (χ0n) is 12.3.